The Morgan fingerprint density at radius 1 is 0.528 bits per heavy atom. The summed E-state index contributed by atoms with van der Waals surface area (Å²) in [6.45, 7) is 0. The summed E-state index contributed by atoms with van der Waals surface area (Å²) in [6.07, 6.45) is 9.17. The van der Waals surface area contributed by atoms with Gasteiger partial charge >= 0.3 is 41.5 Å². The molecule has 0 aliphatic rings. The van der Waals surface area contributed by atoms with Crippen molar-refractivity contribution in [2.24, 2.45) is 7.05 Å². The normalized spacial score (nSPS) is 10.8. The van der Waals surface area contributed by atoms with Crippen LogP contribution in [0.15, 0.2) is 140 Å². The fourth-order valence-corrected chi connectivity index (χ4v) is 6.07. The Morgan fingerprint density at radius 3 is 1.53 bits per heavy atom. The second-order valence-electron chi connectivity index (χ2n) is 11.8. The van der Waals surface area contributed by atoms with Gasteiger partial charge in [0.15, 0.2) is 0 Å². The number of aryl methyl sites for hydroxylation is 1. The third kappa shape index (κ3) is 7.20. The number of hydrogen-bond acceptors (Lipinski definition) is 6. The molecular formula is C43H26N6O2PdPt. The maximum atomic E-state index is 6.33. The molecular weight excluding hydrogens is 934 g/mol. The summed E-state index contributed by atoms with van der Waals surface area (Å²) < 4.78 is 16.6. The van der Waals surface area contributed by atoms with Gasteiger partial charge in [0.1, 0.15) is 0 Å². The zero-order chi connectivity index (χ0) is 34.1. The molecule has 0 radical (unpaired) electrons. The summed E-state index contributed by atoms with van der Waals surface area (Å²) in [5.41, 5.74) is 6.67. The van der Waals surface area contributed by atoms with E-state index in [9.17, 15) is 0 Å². The number of fused-ring (bicyclic) bond motifs is 3. The van der Waals surface area contributed by atoms with Crippen molar-refractivity contribution in [3.8, 4) is 62.7 Å². The number of hydrogen-bond donors (Lipinski definition) is 0. The molecule has 0 N–H and O–H groups in total. The van der Waals surface area contributed by atoms with Gasteiger partial charge in [-0.2, -0.15) is 22.9 Å². The second kappa shape index (κ2) is 15.5. The molecule has 0 saturated carbocycles. The van der Waals surface area contributed by atoms with Crippen molar-refractivity contribution in [2.75, 3.05) is 0 Å². The van der Waals surface area contributed by atoms with Crippen LogP contribution in [0.25, 0.3) is 61.5 Å². The molecule has 9 rings (SSSR count). The third-order valence-corrected chi connectivity index (χ3v) is 8.47. The van der Waals surface area contributed by atoms with Gasteiger partial charge < -0.3 is 28.6 Å². The Morgan fingerprint density at radius 2 is 1.06 bits per heavy atom. The minimum absolute atomic E-state index is 0. The van der Waals surface area contributed by atoms with E-state index in [1.807, 2.05) is 144 Å². The maximum Gasteiger partial charge on any atom is 2.00 e. The molecule has 0 atom stereocenters. The smallest absolute Gasteiger partial charge is 0.503 e. The zero-order valence-corrected chi connectivity index (χ0v) is 31.7. The number of pyridine rings is 2. The number of aromatic nitrogens is 6. The van der Waals surface area contributed by atoms with Crippen LogP contribution in [0.4, 0.5) is 0 Å². The fourth-order valence-electron chi connectivity index (χ4n) is 6.07. The van der Waals surface area contributed by atoms with Crippen molar-refractivity contribution in [1.29, 1.82) is 0 Å². The van der Waals surface area contributed by atoms with Gasteiger partial charge in [-0.15, -0.1) is 71.8 Å². The summed E-state index contributed by atoms with van der Waals surface area (Å²) in [6, 6.07) is 48.5. The van der Waals surface area contributed by atoms with E-state index < -0.39 is 0 Å². The molecule has 10 heteroatoms. The number of rotatable bonds is 8. The van der Waals surface area contributed by atoms with Gasteiger partial charge in [0, 0.05) is 66.6 Å². The van der Waals surface area contributed by atoms with E-state index in [0.29, 0.717) is 28.9 Å². The van der Waals surface area contributed by atoms with Crippen LogP contribution < -0.4 is 9.47 Å². The van der Waals surface area contributed by atoms with Gasteiger partial charge in [0.05, 0.1) is 5.69 Å². The van der Waals surface area contributed by atoms with Crippen LogP contribution in [-0.2, 0) is 48.5 Å². The predicted molar refractivity (Wildman–Crippen MR) is 196 cm³/mol. The van der Waals surface area contributed by atoms with Gasteiger partial charge in [0.25, 0.3) is 0 Å². The van der Waals surface area contributed by atoms with E-state index in [-0.39, 0.29) is 41.5 Å². The third-order valence-electron chi connectivity index (χ3n) is 8.47. The summed E-state index contributed by atoms with van der Waals surface area (Å²) in [5, 5.41) is 1.87. The van der Waals surface area contributed by atoms with E-state index in [1.165, 1.54) is 0 Å². The molecule has 5 aromatic heterocycles. The molecule has 0 fully saturated rings. The van der Waals surface area contributed by atoms with E-state index in [4.69, 9.17) is 19.4 Å². The molecule has 5 heterocycles. The minimum Gasteiger partial charge on any atom is -0.503 e. The number of benzene rings is 4. The van der Waals surface area contributed by atoms with E-state index in [0.717, 1.165) is 55.6 Å². The zero-order valence-electron chi connectivity index (χ0n) is 27.9. The van der Waals surface area contributed by atoms with Crippen LogP contribution in [0.3, 0.4) is 0 Å². The van der Waals surface area contributed by atoms with Crippen molar-refractivity contribution >= 4 is 21.8 Å². The quantitative estimate of drug-likeness (QED) is 0.112. The Labute approximate surface area is 334 Å². The standard InChI is InChI=1S/C43H26N6O2.Pd.Pt/c1-48-22-8-15-40(48)31-27-46-43(47-28-31)49-41-25-34(50-32-11-6-9-29(23-32)38-13-2-4-20-44-38)16-18-36(41)37-19-17-35(26-42(37)49)51-33-12-7-10-30(24-33)39-14-3-5-21-45-39;;/h2-22,27-28H,1H3;;/q-4;2*+2. The first-order valence-electron chi connectivity index (χ1n) is 16.3. The van der Waals surface area contributed by atoms with Crippen LogP contribution in [0.2, 0.25) is 0 Å². The van der Waals surface area contributed by atoms with Crippen molar-refractivity contribution < 1.29 is 51.0 Å². The van der Waals surface area contributed by atoms with Crippen molar-refractivity contribution in [2.45, 2.75) is 0 Å². The molecule has 0 aliphatic carbocycles. The van der Waals surface area contributed by atoms with E-state index in [1.54, 1.807) is 12.4 Å². The Bertz CT molecular complexity index is 2520. The van der Waals surface area contributed by atoms with Gasteiger partial charge in [-0.3, -0.25) is 0 Å². The molecule has 9 aromatic rings. The molecule has 0 bridgehead atoms. The molecule has 8 nitrogen and oxygen atoms in total. The summed E-state index contributed by atoms with van der Waals surface area (Å²) in [4.78, 5) is 18.6. The molecule has 0 amide bonds. The van der Waals surface area contributed by atoms with Gasteiger partial charge in [-0.25, -0.2) is 9.97 Å². The van der Waals surface area contributed by atoms with Crippen LogP contribution in [0.5, 0.6) is 23.0 Å². The van der Waals surface area contributed by atoms with Crippen LogP contribution >= 0.6 is 0 Å². The molecule has 4 aromatic carbocycles. The minimum atomic E-state index is 0. The van der Waals surface area contributed by atoms with Crippen molar-refractivity contribution in [3.05, 3.63) is 164 Å². The fraction of sp³-hybridized carbons (Fsp3) is 0.0233. The molecule has 0 saturated heterocycles. The van der Waals surface area contributed by atoms with Crippen molar-refractivity contribution in [3.63, 3.8) is 0 Å². The van der Waals surface area contributed by atoms with E-state index in [2.05, 4.69) is 34.2 Å². The molecule has 0 spiro atoms. The molecule has 0 aliphatic heterocycles. The average Bonchev–Trinajstić information content (AvgIpc) is 3.76. The van der Waals surface area contributed by atoms with Crippen LogP contribution in [-0.4, -0.2) is 29.1 Å². The van der Waals surface area contributed by atoms with Crippen LogP contribution in [0, 0.1) is 24.3 Å². The first-order chi connectivity index (χ1) is 25.2. The molecule has 260 valence electrons. The summed E-state index contributed by atoms with van der Waals surface area (Å²) in [5.74, 6) is 2.58. The average molecular weight is 960 g/mol. The Kier molecular flexibility index (Phi) is 10.4. The predicted octanol–water partition coefficient (Wildman–Crippen LogP) is 9.48. The Hall–Kier alpha value is -5.71. The van der Waals surface area contributed by atoms with E-state index >= 15 is 0 Å². The Balaban J connectivity index is 0.00000218. The topological polar surface area (TPSA) is 79.9 Å². The van der Waals surface area contributed by atoms with Crippen LogP contribution in [0.1, 0.15) is 0 Å². The largest absolute Gasteiger partial charge is 2.00 e. The molecule has 53 heavy (non-hydrogen) atoms. The molecule has 0 unspecified atom stereocenters. The van der Waals surface area contributed by atoms with Gasteiger partial charge in [-0.1, -0.05) is 47.4 Å². The summed E-state index contributed by atoms with van der Waals surface area (Å²) in [7, 11) is 2.00. The number of ether oxygens (including phenoxy) is 2. The second-order valence-corrected chi connectivity index (χ2v) is 11.8. The monoisotopic (exact) mass is 959 g/mol. The SMILES string of the molecule is Cn1cccc1-c1cnc(-n2c3[c-]c(Oc4[c-]c(-c5ccccn5)ccc4)ccc3c3ccc(Oc4[c-]c(-c5ccccn5)ccc4)[c-]c32)nc1.[Pd+2].[Pt+2]. The summed E-state index contributed by atoms with van der Waals surface area (Å²) >= 11 is 0. The van der Waals surface area contributed by atoms with Gasteiger partial charge in [0.2, 0.25) is 5.95 Å². The van der Waals surface area contributed by atoms with Gasteiger partial charge in [-0.05, 0) is 35.7 Å². The first-order valence-corrected chi connectivity index (χ1v) is 16.3. The number of nitrogens with zero attached hydrogens (tertiary/aromatic N) is 6. The first kappa shape index (κ1) is 35.7. The van der Waals surface area contributed by atoms with Crippen molar-refractivity contribution in [1.82, 2.24) is 29.1 Å². The maximum absolute atomic E-state index is 6.33.